The second kappa shape index (κ2) is 8.19. The summed E-state index contributed by atoms with van der Waals surface area (Å²) in [6, 6.07) is 8.14. The number of benzene rings is 1. The number of hydrogen-bond donors (Lipinski definition) is 1. The molecular weight excluding hydrogens is 416 g/mol. The van der Waals surface area contributed by atoms with E-state index in [0.717, 1.165) is 0 Å². The van der Waals surface area contributed by atoms with Crippen molar-refractivity contribution in [2.75, 3.05) is 11.9 Å². The summed E-state index contributed by atoms with van der Waals surface area (Å²) in [6.07, 6.45) is 0. The molecule has 0 unspecified atom stereocenters. The second-order valence-electron chi connectivity index (χ2n) is 3.74. The van der Waals surface area contributed by atoms with Crippen LogP contribution in [0.5, 0.6) is 0 Å². The van der Waals surface area contributed by atoms with Gasteiger partial charge in [0, 0.05) is 8.95 Å². The molecule has 0 saturated carbocycles. The maximum atomic E-state index is 12.0. The average molecular weight is 424 g/mol. The molecule has 0 atom stereocenters. The molecule has 1 aromatic carbocycles. The molecule has 0 spiro atoms. The quantitative estimate of drug-likeness (QED) is 0.584. The molecule has 0 fully saturated rings. The Balaban J connectivity index is 3.46. The van der Waals surface area contributed by atoms with Gasteiger partial charge >= 0.3 is 5.97 Å². The van der Waals surface area contributed by atoms with E-state index in [1.54, 1.807) is 31.2 Å². The van der Waals surface area contributed by atoms with Gasteiger partial charge < -0.3 is 10.1 Å². The fourth-order valence-corrected chi connectivity index (χ4v) is 2.80. The number of ether oxygens (including phenoxy) is 1. The SMILES string of the molecule is CCOC(=O)c1cc(Br)cc(Br)c1NC(C#N)=C(C#N)C#N. The fraction of sp³-hybridized carbons (Fsp3) is 0.143. The van der Waals surface area contributed by atoms with Crippen LogP contribution in [0.15, 0.2) is 32.3 Å². The van der Waals surface area contributed by atoms with Gasteiger partial charge in [-0.3, -0.25) is 0 Å². The van der Waals surface area contributed by atoms with Gasteiger partial charge in [0.25, 0.3) is 0 Å². The first-order chi connectivity index (χ1) is 10.5. The zero-order valence-corrected chi connectivity index (χ0v) is 14.4. The molecule has 22 heavy (non-hydrogen) atoms. The molecule has 0 radical (unpaired) electrons. The smallest absolute Gasteiger partial charge is 0.340 e. The third kappa shape index (κ3) is 4.08. The molecule has 0 saturated heterocycles. The lowest BCUT2D eigenvalue weighted by atomic mass is 10.1. The van der Waals surface area contributed by atoms with E-state index in [2.05, 4.69) is 37.2 Å². The van der Waals surface area contributed by atoms with E-state index in [-0.39, 0.29) is 29.1 Å². The number of nitriles is 3. The average Bonchev–Trinajstić information content (AvgIpc) is 2.49. The first-order valence-corrected chi connectivity index (χ1v) is 7.44. The van der Waals surface area contributed by atoms with Crippen molar-refractivity contribution >= 4 is 43.5 Å². The number of nitrogens with zero attached hydrogens (tertiary/aromatic N) is 3. The monoisotopic (exact) mass is 422 g/mol. The highest BCUT2D eigenvalue weighted by Gasteiger charge is 2.19. The van der Waals surface area contributed by atoms with Crippen molar-refractivity contribution in [2.24, 2.45) is 0 Å². The topological polar surface area (TPSA) is 110 Å². The normalized spacial score (nSPS) is 8.91. The summed E-state index contributed by atoms with van der Waals surface area (Å²) < 4.78 is 6.04. The molecule has 1 aromatic rings. The van der Waals surface area contributed by atoms with Gasteiger partial charge in [-0.2, -0.15) is 15.8 Å². The Bertz CT molecular complexity index is 751. The van der Waals surface area contributed by atoms with Gasteiger partial charge in [0.1, 0.15) is 23.9 Å². The molecule has 1 rings (SSSR count). The third-order valence-electron chi connectivity index (χ3n) is 2.39. The summed E-state index contributed by atoms with van der Waals surface area (Å²) in [7, 11) is 0. The van der Waals surface area contributed by atoms with Crippen molar-refractivity contribution < 1.29 is 9.53 Å². The van der Waals surface area contributed by atoms with Crippen molar-refractivity contribution in [3.8, 4) is 18.2 Å². The summed E-state index contributed by atoms with van der Waals surface area (Å²) >= 11 is 6.53. The van der Waals surface area contributed by atoms with Crippen molar-refractivity contribution in [3.63, 3.8) is 0 Å². The van der Waals surface area contributed by atoms with Crippen LogP contribution >= 0.6 is 31.9 Å². The number of carbonyl (C=O) groups is 1. The largest absolute Gasteiger partial charge is 0.462 e. The van der Waals surface area contributed by atoms with Gasteiger partial charge in [-0.05, 0) is 35.0 Å². The van der Waals surface area contributed by atoms with Gasteiger partial charge in [-0.25, -0.2) is 4.79 Å². The van der Waals surface area contributed by atoms with Crippen molar-refractivity contribution in [1.29, 1.82) is 15.8 Å². The maximum Gasteiger partial charge on any atom is 0.340 e. The van der Waals surface area contributed by atoms with Crippen LogP contribution in [0.4, 0.5) is 5.69 Å². The molecule has 1 N–H and O–H groups in total. The lowest BCUT2D eigenvalue weighted by Gasteiger charge is -2.13. The number of carbonyl (C=O) groups excluding carboxylic acids is 1. The van der Waals surface area contributed by atoms with Gasteiger partial charge in [-0.15, -0.1) is 0 Å². The molecule has 0 bridgehead atoms. The van der Waals surface area contributed by atoms with E-state index in [1.807, 2.05) is 0 Å². The molecule has 0 amide bonds. The molecule has 0 aliphatic carbocycles. The number of rotatable bonds is 4. The van der Waals surface area contributed by atoms with Crippen LogP contribution in [0.25, 0.3) is 0 Å². The molecule has 0 aromatic heterocycles. The van der Waals surface area contributed by atoms with Crippen LogP contribution in [0.1, 0.15) is 17.3 Å². The van der Waals surface area contributed by atoms with Gasteiger partial charge in [-0.1, -0.05) is 15.9 Å². The van der Waals surface area contributed by atoms with Crippen LogP contribution in [0, 0.1) is 34.0 Å². The number of esters is 1. The van der Waals surface area contributed by atoms with Gasteiger partial charge in [0.2, 0.25) is 0 Å². The zero-order valence-electron chi connectivity index (χ0n) is 11.3. The first kappa shape index (κ1) is 17.7. The molecule has 0 heterocycles. The van der Waals surface area contributed by atoms with E-state index >= 15 is 0 Å². The predicted octanol–water partition coefficient (Wildman–Crippen LogP) is 3.63. The number of halogens is 2. The Labute approximate surface area is 143 Å². The van der Waals surface area contributed by atoms with Gasteiger partial charge in [0.15, 0.2) is 5.57 Å². The van der Waals surface area contributed by atoms with E-state index in [9.17, 15) is 4.79 Å². The number of allylic oxidation sites excluding steroid dienone is 2. The number of anilines is 1. The minimum atomic E-state index is -0.597. The van der Waals surface area contributed by atoms with E-state index in [1.165, 1.54) is 6.07 Å². The van der Waals surface area contributed by atoms with Crippen LogP contribution in [-0.4, -0.2) is 12.6 Å². The van der Waals surface area contributed by atoms with Crippen LogP contribution < -0.4 is 5.32 Å². The minimum Gasteiger partial charge on any atom is -0.462 e. The van der Waals surface area contributed by atoms with Crippen LogP contribution in [0.2, 0.25) is 0 Å². The number of nitrogens with one attached hydrogen (secondary N) is 1. The van der Waals surface area contributed by atoms with E-state index in [0.29, 0.717) is 8.95 Å². The highest BCUT2D eigenvalue weighted by molar-refractivity contribution is 9.11. The lowest BCUT2D eigenvalue weighted by Crippen LogP contribution is -2.11. The Morgan fingerprint density at radius 1 is 1.23 bits per heavy atom. The highest BCUT2D eigenvalue weighted by Crippen LogP contribution is 2.32. The van der Waals surface area contributed by atoms with Crippen molar-refractivity contribution in [2.45, 2.75) is 6.92 Å². The summed E-state index contributed by atoms with van der Waals surface area (Å²) in [5.74, 6) is -0.597. The van der Waals surface area contributed by atoms with Crippen molar-refractivity contribution in [1.82, 2.24) is 0 Å². The second-order valence-corrected chi connectivity index (χ2v) is 5.51. The minimum absolute atomic E-state index is 0.158. The standard InChI is InChI=1S/C14H8Br2N4O2/c1-2-22-14(21)10-3-9(15)4-11(16)13(10)20-12(7-19)8(5-17)6-18/h3-4,20H,2H2,1H3. The van der Waals surface area contributed by atoms with Crippen LogP contribution in [-0.2, 0) is 4.74 Å². The maximum absolute atomic E-state index is 12.0. The van der Waals surface area contributed by atoms with Crippen LogP contribution in [0.3, 0.4) is 0 Å². The summed E-state index contributed by atoms with van der Waals surface area (Å²) in [6.45, 7) is 1.85. The predicted molar refractivity (Wildman–Crippen MR) is 85.3 cm³/mol. The first-order valence-electron chi connectivity index (χ1n) is 5.86. The lowest BCUT2D eigenvalue weighted by molar-refractivity contribution is 0.0527. The van der Waals surface area contributed by atoms with Gasteiger partial charge in [0.05, 0.1) is 17.9 Å². The van der Waals surface area contributed by atoms with E-state index < -0.39 is 5.97 Å². The molecule has 0 aliphatic rings. The third-order valence-corrected chi connectivity index (χ3v) is 3.47. The molecular formula is C14H8Br2N4O2. The summed E-state index contributed by atoms with van der Waals surface area (Å²) in [4.78, 5) is 12.0. The summed E-state index contributed by atoms with van der Waals surface area (Å²) in [5.41, 5.74) is -0.238. The zero-order chi connectivity index (χ0) is 16.7. The molecule has 6 nitrogen and oxygen atoms in total. The van der Waals surface area contributed by atoms with E-state index in [4.69, 9.17) is 20.5 Å². The highest BCUT2D eigenvalue weighted by atomic mass is 79.9. The van der Waals surface area contributed by atoms with Crippen molar-refractivity contribution in [3.05, 3.63) is 37.9 Å². The summed E-state index contributed by atoms with van der Waals surface area (Å²) in [5, 5.41) is 29.4. The molecule has 110 valence electrons. The Kier molecular flexibility index (Phi) is 6.59. The molecule has 0 aliphatic heterocycles. The Morgan fingerprint density at radius 2 is 1.86 bits per heavy atom. The number of hydrogen-bond acceptors (Lipinski definition) is 6. The Morgan fingerprint density at radius 3 is 2.36 bits per heavy atom. The Hall–Kier alpha value is -2.34. The fourth-order valence-electron chi connectivity index (χ4n) is 1.48. The molecule has 8 heteroatoms.